The number of fused-ring (bicyclic) bond motifs is 1. The zero-order valence-electron chi connectivity index (χ0n) is 8.66. The molecule has 1 saturated heterocycles. The molecule has 1 aliphatic heterocycles. The maximum Gasteiger partial charge on any atom is 0.187 e. The van der Waals surface area contributed by atoms with Crippen LogP contribution in [0.15, 0.2) is 22.7 Å². The molecular weight excluding hydrogens is 226 g/mol. The fourth-order valence-corrected chi connectivity index (χ4v) is 2.21. The van der Waals surface area contributed by atoms with Gasteiger partial charge in [0.1, 0.15) is 0 Å². The van der Waals surface area contributed by atoms with Crippen molar-refractivity contribution in [3.63, 3.8) is 0 Å². The fraction of sp³-hybridized carbons (Fsp3) is 0.364. The molecule has 0 saturated carbocycles. The van der Waals surface area contributed by atoms with Crippen molar-refractivity contribution in [2.24, 2.45) is 0 Å². The van der Waals surface area contributed by atoms with Crippen molar-refractivity contribution >= 4 is 28.4 Å². The summed E-state index contributed by atoms with van der Waals surface area (Å²) in [6, 6.07) is 6.09. The Bertz CT molecular complexity index is 505. The highest BCUT2D eigenvalue weighted by Gasteiger charge is 2.17. The predicted octanol–water partition coefficient (Wildman–Crippen LogP) is 2.25. The minimum Gasteiger partial charge on any atom is -0.363 e. The van der Waals surface area contributed by atoms with E-state index in [9.17, 15) is 0 Å². The molecule has 4 nitrogen and oxygen atoms in total. The molecule has 0 spiro atoms. The van der Waals surface area contributed by atoms with Crippen molar-refractivity contribution in [2.75, 3.05) is 18.4 Å². The van der Waals surface area contributed by atoms with Crippen molar-refractivity contribution < 1.29 is 4.52 Å². The highest BCUT2D eigenvalue weighted by atomic mass is 35.5. The molecule has 1 aliphatic rings. The number of halogens is 1. The first-order valence-electron chi connectivity index (χ1n) is 5.36. The zero-order chi connectivity index (χ0) is 11.0. The molecule has 0 radical (unpaired) electrons. The molecule has 16 heavy (non-hydrogen) atoms. The van der Waals surface area contributed by atoms with Crippen molar-refractivity contribution in [1.82, 2.24) is 10.5 Å². The maximum absolute atomic E-state index is 6.01. The van der Waals surface area contributed by atoms with Crippen molar-refractivity contribution in [3.05, 3.63) is 23.2 Å². The molecule has 1 aromatic heterocycles. The van der Waals surface area contributed by atoms with Crippen LogP contribution in [0.2, 0.25) is 5.02 Å². The van der Waals surface area contributed by atoms with Gasteiger partial charge in [0.25, 0.3) is 0 Å². The summed E-state index contributed by atoms with van der Waals surface area (Å²) >= 11 is 6.01. The molecule has 1 unspecified atom stereocenters. The number of nitrogens with zero attached hydrogens (tertiary/aromatic N) is 1. The van der Waals surface area contributed by atoms with Crippen LogP contribution in [0.5, 0.6) is 0 Å². The van der Waals surface area contributed by atoms with Crippen LogP contribution in [-0.4, -0.2) is 24.3 Å². The first-order valence-corrected chi connectivity index (χ1v) is 5.73. The van der Waals surface area contributed by atoms with Crippen molar-refractivity contribution in [3.8, 4) is 0 Å². The van der Waals surface area contributed by atoms with E-state index >= 15 is 0 Å². The second-order valence-electron chi connectivity index (χ2n) is 3.98. The lowest BCUT2D eigenvalue weighted by Gasteiger charge is -2.09. The van der Waals surface area contributed by atoms with Gasteiger partial charge in [0.05, 0.1) is 10.4 Å². The first kappa shape index (κ1) is 9.93. The number of nitrogens with one attached hydrogen (secondary N) is 2. The summed E-state index contributed by atoms with van der Waals surface area (Å²) in [5, 5.41) is 12.2. The smallest absolute Gasteiger partial charge is 0.187 e. The minimum absolute atomic E-state index is 0.423. The second-order valence-corrected chi connectivity index (χ2v) is 4.39. The van der Waals surface area contributed by atoms with Gasteiger partial charge in [-0.05, 0) is 25.1 Å². The van der Waals surface area contributed by atoms with Gasteiger partial charge in [0.2, 0.25) is 0 Å². The first-order chi connectivity index (χ1) is 7.84. The van der Waals surface area contributed by atoms with E-state index in [1.165, 1.54) is 0 Å². The summed E-state index contributed by atoms with van der Waals surface area (Å²) in [5.74, 6) is 0.784. The standard InChI is InChI=1S/C11H12ClN3O/c12-9-3-1-2-8-10(9)16-15-11(8)14-7-4-5-13-6-7/h1-3,7,13H,4-6H2,(H,14,15). The molecule has 0 bridgehead atoms. The molecule has 0 amide bonds. The Labute approximate surface area is 97.9 Å². The molecule has 1 aromatic carbocycles. The Morgan fingerprint density at radius 3 is 3.25 bits per heavy atom. The largest absolute Gasteiger partial charge is 0.363 e. The van der Waals surface area contributed by atoms with E-state index in [1.807, 2.05) is 12.1 Å². The summed E-state index contributed by atoms with van der Waals surface area (Å²) in [5.41, 5.74) is 0.651. The molecule has 1 atom stereocenters. The van der Waals surface area contributed by atoms with Crippen LogP contribution in [0.1, 0.15) is 6.42 Å². The number of para-hydroxylation sites is 1. The molecular formula is C11H12ClN3O. The summed E-state index contributed by atoms with van der Waals surface area (Å²) in [7, 11) is 0. The molecule has 2 aromatic rings. The number of hydrogen-bond acceptors (Lipinski definition) is 4. The number of anilines is 1. The summed E-state index contributed by atoms with van der Waals surface area (Å²) in [6.45, 7) is 2.02. The van der Waals surface area contributed by atoms with Gasteiger partial charge in [0.15, 0.2) is 11.4 Å². The van der Waals surface area contributed by atoms with Gasteiger partial charge in [-0.2, -0.15) is 0 Å². The van der Waals surface area contributed by atoms with Gasteiger partial charge < -0.3 is 15.2 Å². The Morgan fingerprint density at radius 1 is 1.50 bits per heavy atom. The van der Waals surface area contributed by atoms with Crippen molar-refractivity contribution in [1.29, 1.82) is 0 Å². The highest BCUT2D eigenvalue weighted by Crippen LogP contribution is 2.29. The molecule has 0 aliphatic carbocycles. The molecule has 5 heteroatoms. The average Bonchev–Trinajstić information content (AvgIpc) is 2.90. The molecule has 3 rings (SSSR count). The average molecular weight is 238 g/mol. The van der Waals surface area contributed by atoms with Gasteiger partial charge in [-0.25, -0.2) is 0 Å². The third-order valence-corrected chi connectivity index (χ3v) is 3.15. The van der Waals surface area contributed by atoms with E-state index < -0.39 is 0 Å². The van der Waals surface area contributed by atoms with Crippen molar-refractivity contribution in [2.45, 2.75) is 12.5 Å². The van der Waals surface area contributed by atoms with Crippen LogP contribution in [0, 0.1) is 0 Å². The molecule has 1 fully saturated rings. The summed E-state index contributed by atoms with van der Waals surface area (Å²) < 4.78 is 5.23. The van der Waals surface area contributed by atoms with Crippen LogP contribution in [0.3, 0.4) is 0 Å². The lowest BCUT2D eigenvalue weighted by atomic mass is 10.2. The fourth-order valence-electron chi connectivity index (χ4n) is 2.00. The van der Waals surface area contributed by atoms with E-state index in [0.717, 1.165) is 30.7 Å². The Balaban J connectivity index is 1.94. The minimum atomic E-state index is 0.423. The third-order valence-electron chi connectivity index (χ3n) is 2.85. The lowest BCUT2D eigenvalue weighted by Crippen LogP contribution is -2.22. The Kier molecular flexibility index (Phi) is 2.46. The molecule has 2 N–H and O–H groups in total. The van der Waals surface area contributed by atoms with E-state index in [-0.39, 0.29) is 0 Å². The number of rotatable bonds is 2. The van der Waals surface area contributed by atoms with E-state index in [2.05, 4.69) is 15.8 Å². The van der Waals surface area contributed by atoms with Gasteiger partial charge >= 0.3 is 0 Å². The SMILES string of the molecule is Clc1cccc2c(NC3CCNC3)noc12. The van der Waals surface area contributed by atoms with Crippen LogP contribution < -0.4 is 10.6 Å². The summed E-state index contributed by atoms with van der Waals surface area (Å²) in [6.07, 6.45) is 1.11. The van der Waals surface area contributed by atoms with Gasteiger partial charge in [-0.3, -0.25) is 0 Å². The topological polar surface area (TPSA) is 50.1 Å². The van der Waals surface area contributed by atoms with Gasteiger partial charge in [-0.1, -0.05) is 22.8 Å². The van der Waals surface area contributed by atoms with Crippen LogP contribution in [0.25, 0.3) is 11.0 Å². The van der Waals surface area contributed by atoms with Crippen LogP contribution in [-0.2, 0) is 0 Å². The quantitative estimate of drug-likeness (QED) is 0.841. The number of hydrogen-bond donors (Lipinski definition) is 2. The number of aromatic nitrogens is 1. The van der Waals surface area contributed by atoms with E-state index in [0.29, 0.717) is 16.6 Å². The summed E-state index contributed by atoms with van der Waals surface area (Å²) in [4.78, 5) is 0. The van der Waals surface area contributed by atoms with Gasteiger partial charge in [0, 0.05) is 12.6 Å². The predicted molar refractivity (Wildman–Crippen MR) is 63.9 cm³/mol. The maximum atomic E-state index is 6.01. The Morgan fingerprint density at radius 2 is 2.44 bits per heavy atom. The second kappa shape index (κ2) is 3.96. The Hall–Kier alpha value is -1.26. The van der Waals surface area contributed by atoms with Crippen LogP contribution in [0.4, 0.5) is 5.82 Å². The zero-order valence-corrected chi connectivity index (χ0v) is 9.42. The van der Waals surface area contributed by atoms with Gasteiger partial charge in [-0.15, -0.1) is 0 Å². The lowest BCUT2D eigenvalue weighted by molar-refractivity contribution is 0.458. The molecule has 2 heterocycles. The number of benzene rings is 1. The normalized spacial score (nSPS) is 20.4. The monoisotopic (exact) mass is 237 g/mol. The van der Waals surface area contributed by atoms with E-state index in [4.69, 9.17) is 16.1 Å². The highest BCUT2D eigenvalue weighted by molar-refractivity contribution is 6.35. The molecule has 84 valence electrons. The van der Waals surface area contributed by atoms with E-state index in [1.54, 1.807) is 6.07 Å². The van der Waals surface area contributed by atoms with Crippen LogP contribution >= 0.6 is 11.6 Å². The third kappa shape index (κ3) is 1.64.